The number of hydrogen-bond acceptors (Lipinski definition) is 6. The zero-order valence-corrected chi connectivity index (χ0v) is 17.8. The molecule has 3 aromatic carbocycles. The van der Waals surface area contributed by atoms with Gasteiger partial charge in [0, 0.05) is 23.5 Å². The fraction of sp³-hybridized carbons (Fsp3) is 0.0870. The molecular weight excluding hydrogens is 440 g/mol. The summed E-state index contributed by atoms with van der Waals surface area (Å²) < 4.78 is 64.3. The molecule has 1 heterocycles. The SMILES string of the molecule is COc1ccc(C(=O)C2=CN(c3ccc(F)c(F)c3)c3ccccc3S2(=O)=O)cc1OC. The van der Waals surface area contributed by atoms with Crippen LogP contribution < -0.4 is 14.4 Å². The summed E-state index contributed by atoms with van der Waals surface area (Å²) in [5.74, 6) is -2.30. The van der Waals surface area contributed by atoms with Gasteiger partial charge in [-0.15, -0.1) is 0 Å². The summed E-state index contributed by atoms with van der Waals surface area (Å²) in [5.41, 5.74) is 0.424. The van der Waals surface area contributed by atoms with Gasteiger partial charge >= 0.3 is 0 Å². The molecule has 1 aliphatic rings. The van der Waals surface area contributed by atoms with Crippen LogP contribution in [-0.2, 0) is 9.84 Å². The van der Waals surface area contributed by atoms with E-state index >= 15 is 0 Å². The van der Waals surface area contributed by atoms with E-state index in [0.717, 1.165) is 18.3 Å². The van der Waals surface area contributed by atoms with Gasteiger partial charge in [0.2, 0.25) is 15.6 Å². The second kappa shape index (κ2) is 8.08. The first-order valence-corrected chi connectivity index (χ1v) is 10.8. The Hall–Kier alpha value is -3.72. The van der Waals surface area contributed by atoms with Crippen LogP contribution in [-0.4, -0.2) is 28.4 Å². The van der Waals surface area contributed by atoms with Crippen molar-refractivity contribution >= 4 is 27.0 Å². The highest BCUT2D eigenvalue weighted by Crippen LogP contribution is 2.41. The number of sulfone groups is 1. The number of ether oxygens (including phenoxy) is 2. The first-order valence-electron chi connectivity index (χ1n) is 9.35. The van der Waals surface area contributed by atoms with Gasteiger partial charge in [-0.2, -0.15) is 0 Å². The second-order valence-electron chi connectivity index (χ2n) is 6.83. The van der Waals surface area contributed by atoms with E-state index in [0.29, 0.717) is 5.75 Å². The van der Waals surface area contributed by atoms with Crippen LogP contribution in [0.4, 0.5) is 20.2 Å². The van der Waals surface area contributed by atoms with Gasteiger partial charge < -0.3 is 14.4 Å². The van der Waals surface area contributed by atoms with E-state index in [-0.39, 0.29) is 27.6 Å². The molecule has 0 fully saturated rings. The molecule has 1 aliphatic heterocycles. The van der Waals surface area contributed by atoms with Gasteiger partial charge in [0.25, 0.3) is 0 Å². The maximum Gasteiger partial charge on any atom is 0.214 e. The van der Waals surface area contributed by atoms with E-state index in [4.69, 9.17) is 9.47 Å². The standard InChI is InChI=1S/C23H17F2NO5S/c1-30-19-10-7-14(11-20(19)31-2)23(27)22-13-26(15-8-9-16(24)17(25)12-15)18-5-3-4-6-21(18)32(22,28)29/h3-13H,1-2H3. The average Bonchev–Trinajstić information content (AvgIpc) is 2.80. The van der Waals surface area contributed by atoms with E-state index in [9.17, 15) is 22.0 Å². The Kier molecular flexibility index (Phi) is 5.43. The molecule has 6 nitrogen and oxygen atoms in total. The van der Waals surface area contributed by atoms with E-state index in [1.807, 2.05) is 0 Å². The van der Waals surface area contributed by atoms with Crippen molar-refractivity contribution in [2.24, 2.45) is 0 Å². The number of ketones is 1. The molecule has 0 saturated heterocycles. The van der Waals surface area contributed by atoms with Crippen LogP contribution in [0.1, 0.15) is 10.4 Å². The van der Waals surface area contributed by atoms with Crippen molar-refractivity contribution in [2.45, 2.75) is 4.90 Å². The molecule has 0 aliphatic carbocycles. The minimum Gasteiger partial charge on any atom is -0.493 e. The fourth-order valence-corrected chi connectivity index (χ4v) is 4.95. The number of fused-ring (bicyclic) bond motifs is 1. The fourth-order valence-electron chi connectivity index (χ4n) is 3.41. The number of para-hydroxylation sites is 1. The predicted molar refractivity (Wildman–Crippen MR) is 114 cm³/mol. The lowest BCUT2D eigenvalue weighted by Crippen LogP contribution is -2.25. The van der Waals surface area contributed by atoms with Crippen molar-refractivity contribution in [3.63, 3.8) is 0 Å². The van der Waals surface area contributed by atoms with E-state index < -0.39 is 32.2 Å². The smallest absolute Gasteiger partial charge is 0.214 e. The lowest BCUT2D eigenvalue weighted by atomic mass is 10.1. The summed E-state index contributed by atoms with van der Waals surface area (Å²) in [6, 6.07) is 13.4. The van der Waals surface area contributed by atoms with Crippen LogP contribution in [0.5, 0.6) is 11.5 Å². The van der Waals surface area contributed by atoms with Gasteiger partial charge in [-0.3, -0.25) is 4.79 Å². The number of methoxy groups -OCH3 is 2. The van der Waals surface area contributed by atoms with Crippen molar-refractivity contribution in [2.75, 3.05) is 19.1 Å². The first-order chi connectivity index (χ1) is 15.3. The molecular formula is C23H17F2NO5S. The lowest BCUT2D eigenvalue weighted by molar-refractivity contribution is 0.104. The molecule has 164 valence electrons. The molecule has 0 N–H and O–H groups in total. The molecule has 0 aromatic heterocycles. The molecule has 0 bridgehead atoms. The Bertz CT molecular complexity index is 1370. The largest absolute Gasteiger partial charge is 0.493 e. The molecule has 0 radical (unpaired) electrons. The minimum atomic E-state index is -4.19. The van der Waals surface area contributed by atoms with Crippen LogP contribution in [0.2, 0.25) is 0 Å². The molecule has 0 unspecified atom stereocenters. The summed E-state index contributed by atoms with van der Waals surface area (Å²) in [6.07, 6.45) is 1.11. The zero-order valence-electron chi connectivity index (χ0n) is 17.0. The molecule has 0 amide bonds. The summed E-state index contributed by atoms with van der Waals surface area (Å²) >= 11 is 0. The number of halogens is 2. The van der Waals surface area contributed by atoms with Gasteiger partial charge in [-0.25, -0.2) is 17.2 Å². The Balaban J connectivity index is 1.90. The summed E-state index contributed by atoms with van der Waals surface area (Å²) in [5, 5.41) is 0. The number of carbonyl (C=O) groups is 1. The molecule has 9 heteroatoms. The van der Waals surface area contributed by atoms with Gasteiger partial charge in [-0.1, -0.05) is 12.1 Å². The van der Waals surface area contributed by atoms with Gasteiger partial charge in [-0.05, 0) is 42.5 Å². The van der Waals surface area contributed by atoms with Crippen LogP contribution >= 0.6 is 0 Å². The monoisotopic (exact) mass is 457 g/mol. The van der Waals surface area contributed by atoms with Crippen molar-refractivity contribution in [1.29, 1.82) is 0 Å². The highest BCUT2D eigenvalue weighted by atomic mass is 32.2. The second-order valence-corrected chi connectivity index (χ2v) is 8.72. The van der Waals surface area contributed by atoms with E-state index in [1.54, 1.807) is 6.07 Å². The number of anilines is 2. The third-order valence-corrected chi connectivity index (χ3v) is 6.80. The Morgan fingerprint density at radius 2 is 1.59 bits per heavy atom. The van der Waals surface area contributed by atoms with Gasteiger partial charge in [0.15, 0.2) is 23.1 Å². The number of nitrogens with zero attached hydrogens (tertiary/aromatic N) is 1. The highest BCUT2D eigenvalue weighted by Gasteiger charge is 2.36. The number of Topliss-reactive ketones (excluding diaryl/α,β-unsaturated/α-hetero) is 1. The van der Waals surface area contributed by atoms with Crippen LogP contribution in [0, 0.1) is 11.6 Å². The van der Waals surface area contributed by atoms with Gasteiger partial charge in [0.05, 0.1) is 24.8 Å². The number of carbonyl (C=O) groups excluding carboxylic acids is 1. The summed E-state index contributed by atoms with van der Waals surface area (Å²) in [4.78, 5) is 14.0. The Labute approximate surface area is 183 Å². The maximum atomic E-state index is 13.9. The molecule has 3 aromatic rings. The van der Waals surface area contributed by atoms with Crippen LogP contribution in [0.15, 0.2) is 76.7 Å². The van der Waals surface area contributed by atoms with Crippen molar-refractivity contribution in [1.82, 2.24) is 0 Å². The number of allylic oxidation sites excluding steroid dienone is 1. The zero-order chi connectivity index (χ0) is 23.0. The third kappa shape index (κ3) is 3.50. The molecule has 0 spiro atoms. The van der Waals surface area contributed by atoms with E-state index in [2.05, 4.69) is 0 Å². The third-order valence-electron chi connectivity index (χ3n) is 5.00. The summed E-state index contributed by atoms with van der Waals surface area (Å²) in [6.45, 7) is 0. The van der Waals surface area contributed by atoms with Gasteiger partial charge in [0.1, 0.15) is 4.91 Å². The number of benzene rings is 3. The number of rotatable bonds is 5. The summed E-state index contributed by atoms with van der Waals surface area (Å²) in [7, 11) is -1.37. The topological polar surface area (TPSA) is 72.9 Å². The van der Waals surface area contributed by atoms with Crippen molar-refractivity contribution in [3.8, 4) is 11.5 Å². The highest BCUT2D eigenvalue weighted by molar-refractivity contribution is 7.96. The van der Waals surface area contributed by atoms with E-state index in [1.165, 1.54) is 61.6 Å². The normalized spacial score (nSPS) is 14.4. The van der Waals surface area contributed by atoms with Crippen LogP contribution in [0.3, 0.4) is 0 Å². The quantitative estimate of drug-likeness (QED) is 0.520. The number of hydrogen-bond donors (Lipinski definition) is 0. The average molecular weight is 457 g/mol. The Morgan fingerprint density at radius 1 is 0.875 bits per heavy atom. The first kappa shape index (κ1) is 21.5. The molecule has 4 rings (SSSR count). The van der Waals surface area contributed by atoms with Crippen molar-refractivity contribution < 1.29 is 31.5 Å². The van der Waals surface area contributed by atoms with Crippen LogP contribution in [0.25, 0.3) is 0 Å². The maximum absolute atomic E-state index is 13.9. The lowest BCUT2D eigenvalue weighted by Gasteiger charge is -2.29. The molecule has 0 atom stereocenters. The minimum absolute atomic E-state index is 0.0575. The Morgan fingerprint density at radius 3 is 2.28 bits per heavy atom. The molecule has 0 saturated carbocycles. The predicted octanol–water partition coefficient (Wildman–Crippen LogP) is 4.63. The molecule has 32 heavy (non-hydrogen) atoms. The van der Waals surface area contributed by atoms with Crippen molar-refractivity contribution in [3.05, 3.63) is 89.0 Å².